The Morgan fingerprint density at radius 1 is 1.50 bits per heavy atom. The lowest BCUT2D eigenvalue weighted by Gasteiger charge is -2.25. The second kappa shape index (κ2) is 4.04. The van der Waals surface area contributed by atoms with Crippen molar-refractivity contribution in [2.24, 2.45) is 0 Å². The van der Waals surface area contributed by atoms with Gasteiger partial charge in [-0.15, -0.1) is 0 Å². The molecule has 78 valence electrons. The summed E-state index contributed by atoms with van der Waals surface area (Å²) in [5, 5.41) is 2.60. The average molecular weight is 222 g/mol. The lowest BCUT2D eigenvalue weighted by molar-refractivity contribution is 0.0847. The first-order chi connectivity index (χ1) is 6.42. The molecule has 1 heterocycles. The maximum atomic E-state index is 12.5. The third-order valence-corrected chi connectivity index (χ3v) is 1.80. The fourth-order valence-corrected chi connectivity index (χ4v) is 0.937. The second-order valence-electron chi connectivity index (χ2n) is 3.36. The summed E-state index contributed by atoms with van der Waals surface area (Å²) in [6.45, 7) is 2.77. The Labute approximate surface area is 85.5 Å². The van der Waals surface area contributed by atoms with E-state index in [0.29, 0.717) is 0 Å². The van der Waals surface area contributed by atoms with Crippen LogP contribution in [0.5, 0.6) is 0 Å². The molecule has 0 unspecified atom stereocenters. The number of rotatable bonds is 3. The number of aromatic nitrogens is 2. The first-order valence-electron chi connectivity index (χ1n) is 3.97. The first-order valence-corrected chi connectivity index (χ1v) is 4.34. The van der Waals surface area contributed by atoms with Crippen molar-refractivity contribution in [3.8, 4) is 0 Å². The van der Waals surface area contributed by atoms with Gasteiger partial charge in [0.1, 0.15) is 5.82 Å². The average Bonchev–Trinajstić information content (AvgIpc) is 2.02. The maximum absolute atomic E-state index is 12.5. The molecule has 0 radical (unpaired) electrons. The van der Waals surface area contributed by atoms with E-state index in [4.69, 9.17) is 11.6 Å². The van der Waals surface area contributed by atoms with Crippen molar-refractivity contribution in [2.75, 3.05) is 5.32 Å². The van der Waals surface area contributed by atoms with Crippen LogP contribution in [0.4, 0.5) is 14.6 Å². The van der Waals surface area contributed by atoms with Gasteiger partial charge in [0.2, 0.25) is 5.28 Å². The van der Waals surface area contributed by atoms with E-state index in [1.165, 1.54) is 26.1 Å². The highest BCUT2D eigenvalue weighted by molar-refractivity contribution is 6.28. The Morgan fingerprint density at radius 3 is 2.64 bits per heavy atom. The molecule has 0 fully saturated rings. The molecule has 0 amide bonds. The molecule has 0 aromatic carbocycles. The zero-order chi connectivity index (χ0) is 10.8. The van der Waals surface area contributed by atoms with Gasteiger partial charge in [0.05, 0.1) is 5.54 Å². The minimum absolute atomic E-state index is 0.0278. The molecule has 0 aliphatic carbocycles. The molecule has 3 nitrogen and oxygen atoms in total. The van der Waals surface area contributed by atoms with Crippen molar-refractivity contribution in [1.82, 2.24) is 9.97 Å². The third kappa shape index (κ3) is 2.77. The Bertz CT molecular complexity index is 317. The standard InChI is InChI=1S/C8H10ClF2N3/c1-8(2,6(10)11)14-5-3-4-12-7(9)13-5/h3-4,6H,1-2H3,(H,12,13,14). The second-order valence-corrected chi connectivity index (χ2v) is 3.70. The molecule has 1 aromatic rings. The van der Waals surface area contributed by atoms with E-state index in [-0.39, 0.29) is 11.1 Å². The lowest BCUT2D eigenvalue weighted by Crippen LogP contribution is -2.39. The summed E-state index contributed by atoms with van der Waals surface area (Å²) >= 11 is 5.50. The lowest BCUT2D eigenvalue weighted by atomic mass is 10.1. The molecule has 1 rings (SSSR count). The zero-order valence-corrected chi connectivity index (χ0v) is 8.52. The van der Waals surface area contributed by atoms with E-state index in [0.717, 1.165) is 0 Å². The highest BCUT2D eigenvalue weighted by atomic mass is 35.5. The molecule has 0 spiro atoms. The minimum Gasteiger partial charge on any atom is -0.359 e. The van der Waals surface area contributed by atoms with Crippen LogP contribution in [0.15, 0.2) is 12.3 Å². The van der Waals surface area contributed by atoms with E-state index in [1.807, 2.05) is 0 Å². The molecule has 0 atom stereocenters. The minimum atomic E-state index is -2.49. The Balaban J connectivity index is 2.78. The van der Waals surface area contributed by atoms with Gasteiger partial charge in [-0.25, -0.2) is 18.7 Å². The molecule has 0 aliphatic heterocycles. The molecule has 1 N–H and O–H groups in total. The van der Waals surface area contributed by atoms with Gasteiger partial charge in [-0.3, -0.25) is 0 Å². The fraction of sp³-hybridized carbons (Fsp3) is 0.500. The zero-order valence-electron chi connectivity index (χ0n) is 7.76. The molecule has 0 aliphatic rings. The van der Waals surface area contributed by atoms with Crippen LogP contribution in [0.2, 0.25) is 5.28 Å². The van der Waals surface area contributed by atoms with Gasteiger partial charge in [-0.2, -0.15) is 0 Å². The van der Waals surface area contributed by atoms with Crippen molar-refractivity contribution in [3.05, 3.63) is 17.5 Å². The van der Waals surface area contributed by atoms with Crippen LogP contribution < -0.4 is 5.32 Å². The number of anilines is 1. The Morgan fingerprint density at radius 2 is 2.14 bits per heavy atom. The van der Waals surface area contributed by atoms with Gasteiger partial charge in [0.15, 0.2) is 0 Å². The van der Waals surface area contributed by atoms with Crippen LogP contribution in [0.3, 0.4) is 0 Å². The van der Waals surface area contributed by atoms with Crippen LogP contribution in [0.25, 0.3) is 0 Å². The number of nitrogens with zero attached hydrogens (tertiary/aromatic N) is 2. The molecule has 14 heavy (non-hydrogen) atoms. The smallest absolute Gasteiger partial charge is 0.260 e. The predicted octanol–water partition coefficient (Wildman–Crippen LogP) is 2.59. The van der Waals surface area contributed by atoms with E-state index in [1.54, 1.807) is 0 Å². The van der Waals surface area contributed by atoms with E-state index >= 15 is 0 Å². The Kier molecular flexibility index (Phi) is 3.21. The number of nitrogens with one attached hydrogen (secondary N) is 1. The summed E-state index contributed by atoms with van der Waals surface area (Å²) in [6, 6.07) is 1.48. The summed E-state index contributed by atoms with van der Waals surface area (Å²) < 4.78 is 24.9. The first kappa shape index (κ1) is 11.1. The molecule has 0 bridgehead atoms. The summed E-state index contributed by atoms with van der Waals surface area (Å²) in [7, 11) is 0. The number of hydrogen-bond acceptors (Lipinski definition) is 3. The molecular formula is C8H10ClF2N3. The van der Waals surface area contributed by atoms with Crippen LogP contribution >= 0.6 is 11.6 Å². The highest BCUT2D eigenvalue weighted by Crippen LogP contribution is 2.20. The summed E-state index contributed by atoms with van der Waals surface area (Å²) in [4.78, 5) is 7.39. The van der Waals surface area contributed by atoms with Gasteiger partial charge in [-0.1, -0.05) is 0 Å². The quantitative estimate of drug-likeness (QED) is 0.798. The maximum Gasteiger partial charge on any atom is 0.260 e. The van der Waals surface area contributed by atoms with Crippen LogP contribution in [0, 0.1) is 0 Å². The highest BCUT2D eigenvalue weighted by Gasteiger charge is 2.29. The van der Waals surface area contributed by atoms with Gasteiger partial charge < -0.3 is 5.32 Å². The number of hydrogen-bond donors (Lipinski definition) is 1. The van der Waals surface area contributed by atoms with Gasteiger partial charge in [0, 0.05) is 6.20 Å². The monoisotopic (exact) mass is 221 g/mol. The van der Waals surface area contributed by atoms with Gasteiger partial charge in [0.25, 0.3) is 6.43 Å². The van der Waals surface area contributed by atoms with Crippen LogP contribution in [-0.4, -0.2) is 21.9 Å². The van der Waals surface area contributed by atoms with Crippen molar-refractivity contribution < 1.29 is 8.78 Å². The predicted molar refractivity (Wildman–Crippen MR) is 50.7 cm³/mol. The van der Waals surface area contributed by atoms with Crippen molar-refractivity contribution >= 4 is 17.4 Å². The molecule has 0 saturated heterocycles. The normalized spacial score (nSPS) is 11.9. The van der Waals surface area contributed by atoms with E-state index in [9.17, 15) is 8.78 Å². The molecule has 0 saturated carbocycles. The van der Waals surface area contributed by atoms with Gasteiger partial charge in [-0.05, 0) is 31.5 Å². The third-order valence-electron chi connectivity index (χ3n) is 1.62. The number of halogens is 3. The topological polar surface area (TPSA) is 37.8 Å². The van der Waals surface area contributed by atoms with Crippen LogP contribution in [0.1, 0.15) is 13.8 Å². The van der Waals surface area contributed by atoms with Crippen molar-refractivity contribution in [1.29, 1.82) is 0 Å². The van der Waals surface area contributed by atoms with Crippen molar-refractivity contribution in [2.45, 2.75) is 25.8 Å². The Hall–Kier alpha value is -0.970. The van der Waals surface area contributed by atoms with E-state index < -0.39 is 12.0 Å². The van der Waals surface area contributed by atoms with Crippen molar-refractivity contribution in [3.63, 3.8) is 0 Å². The molecule has 6 heteroatoms. The molecule has 1 aromatic heterocycles. The fourth-order valence-electron chi connectivity index (χ4n) is 0.789. The van der Waals surface area contributed by atoms with Crippen LogP contribution in [-0.2, 0) is 0 Å². The largest absolute Gasteiger partial charge is 0.359 e. The summed E-state index contributed by atoms with van der Waals surface area (Å²) in [6.07, 6.45) is -1.09. The van der Waals surface area contributed by atoms with E-state index in [2.05, 4.69) is 15.3 Å². The SMILES string of the molecule is CC(C)(Nc1ccnc(Cl)n1)C(F)F. The number of alkyl halides is 2. The summed E-state index contributed by atoms with van der Waals surface area (Å²) in [5.41, 5.74) is -1.34. The summed E-state index contributed by atoms with van der Waals surface area (Å²) in [5.74, 6) is 0.287. The molecular weight excluding hydrogens is 212 g/mol. The van der Waals surface area contributed by atoms with Gasteiger partial charge >= 0.3 is 0 Å².